The Labute approximate surface area is 189 Å². The summed E-state index contributed by atoms with van der Waals surface area (Å²) in [6.45, 7) is 0.714. The number of aromatic nitrogens is 3. The van der Waals surface area contributed by atoms with Gasteiger partial charge in [0.05, 0.1) is 35.9 Å². The van der Waals surface area contributed by atoms with E-state index in [0.717, 1.165) is 19.0 Å². The predicted molar refractivity (Wildman–Crippen MR) is 119 cm³/mol. The van der Waals surface area contributed by atoms with Gasteiger partial charge in [0, 0.05) is 23.9 Å². The zero-order valence-electron chi connectivity index (χ0n) is 17.8. The minimum Gasteiger partial charge on any atom is -0.459 e. The van der Waals surface area contributed by atoms with Crippen molar-refractivity contribution in [2.24, 2.45) is 5.92 Å². The molecule has 3 aromatic heterocycles. The Morgan fingerprint density at radius 2 is 1.91 bits per heavy atom. The number of benzene rings is 1. The van der Waals surface area contributed by atoms with Gasteiger partial charge in [0.25, 0.3) is 5.91 Å². The number of pyridine rings is 1. The molecule has 1 fully saturated rings. The van der Waals surface area contributed by atoms with Gasteiger partial charge in [0.1, 0.15) is 5.82 Å². The van der Waals surface area contributed by atoms with Gasteiger partial charge in [0.2, 0.25) is 0 Å². The number of nitrogens with one attached hydrogen (secondary N) is 1. The Kier molecular flexibility index (Phi) is 5.73. The lowest BCUT2D eigenvalue weighted by atomic mass is 10.0. The molecule has 0 spiro atoms. The van der Waals surface area contributed by atoms with E-state index in [9.17, 15) is 13.6 Å². The Balaban J connectivity index is 1.62. The van der Waals surface area contributed by atoms with Gasteiger partial charge < -0.3 is 14.3 Å². The van der Waals surface area contributed by atoms with Crippen LogP contribution in [-0.2, 0) is 6.54 Å². The fraction of sp³-hybridized carbons (Fsp3) is 0.240. The van der Waals surface area contributed by atoms with Crippen LogP contribution >= 0.6 is 0 Å². The number of carbonyl (C=O) groups is 1. The highest BCUT2D eigenvalue weighted by atomic mass is 19.1. The van der Waals surface area contributed by atoms with Crippen LogP contribution in [0.15, 0.2) is 65.8 Å². The fourth-order valence-electron chi connectivity index (χ4n) is 4.42. The Morgan fingerprint density at radius 3 is 2.64 bits per heavy atom. The number of hydrogen-bond acceptors (Lipinski definition) is 4. The van der Waals surface area contributed by atoms with E-state index in [2.05, 4.69) is 15.3 Å². The maximum Gasteiger partial charge on any atom is 0.291 e. The second-order valence-corrected chi connectivity index (χ2v) is 8.23. The lowest BCUT2D eigenvalue weighted by Crippen LogP contribution is -2.15. The number of anilines is 1. The third kappa shape index (κ3) is 4.28. The Morgan fingerprint density at radius 1 is 1.12 bits per heavy atom. The summed E-state index contributed by atoms with van der Waals surface area (Å²) in [5.41, 5.74) is 2.25. The molecule has 8 heteroatoms. The van der Waals surface area contributed by atoms with Crippen molar-refractivity contribution in [3.8, 4) is 22.5 Å². The monoisotopic (exact) mass is 448 g/mol. The highest BCUT2D eigenvalue weighted by Crippen LogP contribution is 2.38. The summed E-state index contributed by atoms with van der Waals surface area (Å²) < 4.78 is 35.7. The molecular weight excluding hydrogens is 426 g/mol. The van der Waals surface area contributed by atoms with Crippen LogP contribution in [-0.4, -0.2) is 20.4 Å². The molecule has 5 rings (SSSR count). The van der Waals surface area contributed by atoms with Gasteiger partial charge in [-0.05, 0) is 55.2 Å². The van der Waals surface area contributed by atoms with Gasteiger partial charge in [-0.3, -0.25) is 9.78 Å². The SMILES string of the molecule is O=C(Nc1c(F)cncc1-c1c(-c2ccc(F)cc2)ncn1CC1CCCC1)c1ccco1. The van der Waals surface area contributed by atoms with Crippen LogP contribution in [0.3, 0.4) is 0 Å². The van der Waals surface area contributed by atoms with Crippen LogP contribution < -0.4 is 5.32 Å². The van der Waals surface area contributed by atoms with Crippen molar-refractivity contribution in [2.75, 3.05) is 5.32 Å². The number of halogens is 2. The van der Waals surface area contributed by atoms with E-state index in [1.807, 2.05) is 4.57 Å². The quantitative estimate of drug-likeness (QED) is 0.397. The van der Waals surface area contributed by atoms with Crippen molar-refractivity contribution >= 4 is 11.6 Å². The van der Waals surface area contributed by atoms with Crippen molar-refractivity contribution in [1.29, 1.82) is 0 Å². The van der Waals surface area contributed by atoms with E-state index in [4.69, 9.17) is 4.42 Å². The summed E-state index contributed by atoms with van der Waals surface area (Å²) in [5, 5.41) is 2.63. The smallest absolute Gasteiger partial charge is 0.291 e. The molecule has 1 amide bonds. The van der Waals surface area contributed by atoms with Gasteiger partial charge in [-0.1, -0.05) is 12.8 Å². The number of nitrogens with zero attached hydrogens (tertiary/aromatic N) is 3. The zero-order chi connectivity index (χ0) is 22.8. The highest BCUT2D eigenvalue weighted by Gasteiger charge is 2.25. The highest BCUT2D eigenvalue weighted by molar-refractivity contribution is 6.05. The van der Waals surface area contributed by atoms with Crippen molar-refractivity contribution in [3.63, 3.8) is 0 Å². The van der Waals surface area contributed by atoms with Gasteiger partial charge in [0.15, 0.2) is 11.6 Å². The average Bonchev–Trinajstić information content (AvgIpc) is 3.58. The molecule has 0 aliphatic heterocycles. The molecule has 0 saturated heterocycles. The molecule has 1 saturated carbocycles. The third-order valence-corrected chi connectivity index (χ3v) is 6.02. The van der Waals surface area contributed by atoms with Crippen LogP contribution in [0, 0.1) is 17.6 Å². The number of hydrogen-bond donors (Lipinski definition) is 1. The minimum absolute atomic E-state index is 0.0112. The number of carbonyl (C=O) groups excluding carboxylic acids is 1. The standard InChI is InChI=1S/C25H22F2N4O2/c26-18-9-7-17(8-10-18)22-24(31(15-29-22)14-16-4-1-2-5-16)19-12-28-13-20(27)23(19)30-25(32)21-6-3-11-33-21/h3,6-13,15-16H,1-2,4-5,14H2,(H,28,30,32). The topological polar surface area (TPSA) is 73.0 Å². The molecule has 1 aliphatic carbocycles. The maximum absolute atomic E-state index is 15.0. The first kappa shape index (κ1) is 21.1. The molecule has 1 N–H and O–H groups in total. The normalized spacial score (nSPS) is 14.0. The van der Waals surface area contributed by atoms with E-state index >= 15 is 0 Å². The number of furan rings is 1. The van der Waals surface area contributed by atoms with Crippen LogP contribution in [0.2, 0.25) is 0 Å². The first-order valence-corrected chi connectivity index (χ1v) is 10.9. The lowest BCUT2D eigenvalue weighted by molar-refractivity contribution is 0.0996. The second-order valence-electron chi connectivity index (χ2n) is 8.23. The minimum atomic E-state index is -0.675. The molecule has 6 nitrogen and oxygen atoms in total. The molecular formula is C25H22F2N4O2. The van der Waals surface area contributed by atoms with E-state index in [1.165, 1.54) is 43.5 Å². The van der Waals surface area contributed by atoms with Crippen LogP contribution in [0.5, 0.6) is 0 Å². The Hall–Kier alpha value is -3.81. The van der Waals surface area contributed by atoms with Crippen molar-refractivity contribution in [3.05, 3.63) is 78.8 Å². The molecule has 33 heavy (non-hydrogen) atoms. The van der Waals surface area contributed by atoms with E-state index < -0.39 is 11.7 Å². The second kappa shape index (κ2) is 8.97. The summed E-state index contributed by atoms with van der Waals surface area (Å²) in [6, 6.07) is 9.07. The molecule has 1 aliphatic rings. The zero-order valence-corrected chi connectivity index (χ0v) is 17.8. The van der Waals surface area contributed by atoms with E-state index in [1.54, 1.807) is 24.5 Å². The molecule has 0 unspecified atom stereocenters. The largest absolute Gasteiger partial charge is 0.459 e. The Bertz CT molecular complexity index is 1260. The molecule has 0 atom stereocenters. The van der Waals surface area contributed by atoms with E-state index in [0.29, 0.717) is 35.0 Å². The number of amides is 1. The molecule has 0 radical (unpaired) electrons. The van der Waals surface area contributed by atoms with E-state index in [-0.39, 0.29) is 17.3 Å². The summed E-state index contributed by atoms with van der Waals surface area (Å²) in [6.07, 6.45) is 10.3. The predicted octanol–water partition coefficient (Wildman–Crippen LogP) is 5.93. The summed E-state index contributed by atoms with van der Waals surface area (Å²) in [4.78, 5) is 21.3. The van der Waals surface area contributed by atoms with Gasteiger partial charge in [-0.15, -0.1) is 0 Å². The summed E-state index contributed by atoms with van der Waals surface area (Å²) in [7, 11) is 0. The van der Waals surface area contributed by atoms with Crippen molar-refractivity contribution < 1.29 is 18.0 Å². The molecule has 168 valence electrons. The average molecular weight is 448 g/mol. The summed E-state index contributed by atoms with van der Waals surface area (Å²) in [5.74, 6) is -1.05. The van der Waals surface area contributed by atoms with Crippen molar-refractivity contribution in [1.82, 2.24) is 14.5 Å². The van der Waals surface area contributed by atoms with Crippen molar-refractivity contribution in [2.45, 2.75) is 32.2 Å². The first-order valence-electron chi connectivity index (χ1n) is 10.9. The lowest BCUT2D eigenvalue weighted by Gasteiger charge is -2.17. The molecule has 3 heterocycles. The number of rotatable bonds is 6. The number of imidazole rings is 1. The fourth-order valence-corrected chi connectivity index (χ4v) is 4.42. The first-order chi connectivity index (χ1) is 16.1. The molecule has 4 aromatic rings. The van der Waals surface area contributed by atoms with Gasteiger partial charge in [-0.25, -0.2) is 13.8 Å². The van der Waals surface area contributed by atoms with Gasteiger partial charge >= 0.3 is 0 Å². The third-order valence-electron chi connectivity index (χ3n) is 6.02. The van der Waals surface area contributed by atoms with Crippen LogP contribution in [0.1, 0.15) is 36.2 Å². The van der Waals surface area contributed by atoms with Crippen LogP contribution in [0.25, 0.3) is 22.5 Å². The molecule has 0 bridgehead atoms. The molecule has 1 aromatic carbocycles. The summed E-state index contributed by atoms with van der Waals surface area (Å²) >= 11 is 0. The van der Waals surface area contributed by atoms with Gasteiger partial charge in [-0.2, -0.15) is 0 Å². The maximum atomic E-state index is 15.0. The van der Waals surface area contributed by atoms with Crippen LogP contribution in [0.4, 0.5) is 14.5 Å².